The molecule has 0 aromatic carbocycles. The Bertz CT molecular complexity index is 246. The summed E-state index contributed by atoms with van der Waals surface area (Å²) in [5, 5.41) is 0. The molecule has 2 heteroatoms. The maximum Gasteiger partial charge on any atom is 0.146 e. The van der Waals surface area contributed by atoms with E-state index in [4.69, 9.17) is 0 Å². The number of Topliss-reactive ketones (excluding diaryl/α,β-unsaturated/α-hetero) is 1. The van der Waals surface area contributed by atoms with Crippen molar-refractivity contribution in [2.24, 2.45) is 0 Å². The highest BCUT2D eigenvalue weighted by Gasteiger charge is 2.33. The molecule has 0 heterocycles. The number of carbonyl (C=O) groups excluding carboxylic acids is 1. The number of hydrogen-bond donors (Lipinski definition) is 0. The molecule has 2 aliphatic carbocycles. The van der Waals surface area contributed by atoms with Gasteiger partial charge in [-0.1, -0.05) is 38.5 Å². The zero-order valence-electron chi connectivity index (χ0n) is 12.2. The maximum absolute atomic E-state index is 11.8. The fourth-order valence-corrected chi connectivity index (χ4v) is 3.90. The molecule has 0 aromatic heterocycles. The van der Waals surface area contributed by atoms with Gasteiger partial charge in [0.1, 0.15) is 5.78 Å². The summed E-state index contributed by atoms with van der Waals surface area (Å²) in [6.07, 6.45) is 13.5. The lowest BCUT2D eigenvalue weighted by atomic mass is 9.87. The first-order valence-electron chi connectivity index (χ1n) is 7.98. The van der Waals surface area contributed by atoms with Gasteiger partial charge in [0.05, 0.1) is 6.04 Å². The van der Waals surface area contributed by atoms with Gasteiger partial charge in [-0.3, -0.25) is 9.69 Å². The monoisotopic (exact) mass is 251 g/mol. The third-order valence-corrected chi connectivity index (χ3v) is 5.03. The summed E-state index contributed by atoms with van der Waals surface area (Å²) < 4.78 is 0. The van der Waals surface area contributed by atoms with Gasteiger partial charge in [0.15, 0.2) is 0 Å². The van der Waals surface area contributed by atoms with Gasteiger partial charge in [0.2, 0.25) is 0 Å². The topological polar surface area (TPSA) is 20.3 Å². The predicted molar refractivity (Wildman–Crippen MR) is 75.7 cm³/mol. The average molecular weight is 251 g/mol. The molecule has 18 heavy (non-hydrogen) atoms. The van der Waals surface area contributed by atoms with E-state index in [2.05, 4.69) is 11.8 Å². The van der Waals surface area contributed by atoms with Crippen LogP contribution >= 0.6 is 0 Å². The highest BCUT2D eigenvalue weighted by Crippen LogP contribution is 2.31. The average Bonchev–Trinajstić information content (AvgIpc) is 2.41. The number of nitrogens with zero attached hydrogens (tertiary/aromatic N) is 1. The van der Waals surface area contributed by atoms with Crippen LogP contribution in [0.15, 0.2) is 0 Å². The van der Waals surface area contributed by atoms with E-state index >= 15 is 0 Å². The summed E-state index contributed by atoms with van der Waals surface area (Å²) in [6.45, 7) is 3.90. The largest absolute Gasteiger partial charge is 0.298 e. The van der Waals surface area contributed by atoms with E-state index in [1.807, 2.05) is 0 Å². The van der Waals surface area contributed by atoms with E-state index < -0.39 is 0 Å². The minimum Gasteiger partial charge on any atom is -0.298 e. The molecule has 0 saturated heterocycles. The maximum atomic E-state index is 11.8. The van der Waals surface area contributed by atoms with Crippen molar-refractivity contribution >= 4 is 5.78 Å². The van der Waals surface area contributed by atoms with Crippen LogP contribution in [0.1, 0.15) is 78.1 Å². The Morgan fingerprint density at radius 3 is 1.61 bits per heavy atom. The first kappa shape index (κ1) is 14.0. The van der Waals surface area contributed by atoms with Crippen molar-refractivity contribution < 1.29 is 4.79 Å². The van der Waals surface area contributed by atoms with Crippen LogP contribution < -0.4 is 0 Å². The van der Waals surface area contributed by atoms with Crippen LogP contribution in [0.5, 0.6) is 0 Å². The molecule has 0 aliphatic heterocycles. The molecule has 0 radical (unpaired) electrons. The second-order valence-corrected chi connectivity index (χ2v) is 6.32. The van der Waals surface area contributed by atoms with Crippen LogP contribution in [0, 0.1) is 0 Å². The van der Waals surface area contributed by atoms with Crippen molar-refractivity contribution in [1.82, 2.24) is 4.90 Å². The Balaban J connectivity index is 2.07. The van der Waals surface area contributed by atoms with Crippen molar-refractivity contribution in [3.05, 3.63) is 0 Å². The molecule has 104 valence electrons. The van der Waals surface area contributed by atoms with Crippen LogP contribution in [0.4, 0.5) is 0 Å². The normalized spacial score (nSPS) is 25.3. The van der Waals surface area contributed by atoms with E-state index in [9.17, 15) is 4.79 Å². The quantitative estimate of drug-likeness (QED) is 0.754. The highest BCUT2D eigenvalue weighted by atomic mass is 16.1. The predicted octanol–water partition coefficient (Wildman–Crippen LogP) is 3.93. The van der Waals surface area contributed by atoms with Crippen LogP contribution in [-0.4, -0.2) is 28.8 Å². The summed E-state index contributed by atoms with van der Waals surface area (Å²) in [7, 11) is 0. The lowest BCUT2D eigenvalue weighted by Crippen LogP contribution is -2.52. The van der Waals surface area contributed by atoms with Crippen molar-refractivity contribution in [3.8, 4) is 0 Å². The molecular formula is C16H29NO. The Labute approximate surface area is 112 Å². The van der Waals surface area contributed by atoms with Crippen molar-refractivity contribution in [2.75, 3.05) is 0 Å². The van der Waals surface area contributed by atoms with Gasteiger partial charge in [-0.2, -0.15) is 0 Å². The van der Waals surface area contributed by atoms with E-state index in [1.54, 1.807) is 6.92 Å². The molecule has 0 aromatic rings. The molecule has 2 aliphatic rings. The molecular weight excluding hydrogens is 222 g/mol. The summed E-state index contributed by atoms with van der Waals surface area (Å²) in [5.74, 6) is 0.353. The highest BCUT2D eigenvalue weighted by molar-refractivity contribution is 5.81. The molecule has 0 bridgehead atoms. The second-order valence-electron chi connectivity index (χ2n) is 6.32. The lowest BCUT2D eigenvalue weighted by Gasteiger charge is -2.44. The molecule has 1 atom stereocenters. The van der Waals surface area contributed by atoms with Crippen molar-refractivity contribution in [2.45, 2.75) is 96.2 Å². The Morgan fingerprint density at radius 2 is 1.28 bits per heavy atom. The number of carbonyl (C=O) groups is 1. The molecule has 2 saturated carbocycles. The summed E-state index contributed by atoms with van der Waals surface area (Å²) in [6, 6.07) is 1.50. The third kappa shape index (κ3) is 3.34. The SMILES string of the molecule is CC(=O)C(C)N(C1CCCCC1)C1CCCCC1. The Kier molecular flexibility index (Phi) is 5.23. The minimum atomic E-state index is 0.135. The van der Waals surface area contributed by atoms with Crippen LogP contribution in [0.25, 0.3) is 0 Å². The number of rotatable bonds is 4. The van der Waals surface area contributed by atoms with Gasteiger partial charge in [-0.15, -0.1) is 0 Å². The zero-order valence-corrected chi connectivity index (χ0v) is 12.2. The summed E-state index contributed by atoms with van der Waals surface area (Å²) >= 11 is 0. The molecule has 0 amide bonds. The van der Waals surface area contributed by atoms with E-state index in [1.165, 1.54) is 64.2 Å². The van der Waals surface area contributed by atoms with Gasteiger partial charge >= 0.3 is 0 Å². The smallest absolute Gasteiger partial charge is 0.146 e. The van der Waals surface area contributed by atoms with Crippen LogP contribution in [0.2, 0.25) is 0 Å². The molecule has 2 rings (SSSR count). The fraction of sp³-hybridized carbons (Fsp3) is 0.938. The third-order valence-electron chi connectivity index (χ3n) is 5.03. The standard InChI is InChI=1S/C16H29NO/c1-13(14(2)18)17(15-9-5-3-6-10-15)16-11-7-4-8-12-16/h13,15-16H,3-12H2,1-2H3. The minimum absolute atomic E-state index is 0.135. The van der Waals surface area contributed by atoms with Crippen molar-refractivity contribution in [1.29, 1.82) is 0 Å². The molecule has 2 nitrogen and oxygen atoms in total. The van der Waals surface area contributed by atoms with E-state index in [0.29, 0.717) is 17.9 Å². The van der Waals surface area contributed by atoms with Crippen LogP contribution in [-0.2, 0) is 4.79 Å². The van der Waals surface area contributed by atoms with Gasteiger partial charge in [0, 0.05) is 12.1 Å². The van der Waals surface area contributed by atoms with E-state index in [-0.39, 0.29) is 6.04 Å². The molecule has 0 N–H and O–H groups in total. The number of hydrogen-bond acceptors (Lipinski definition) is 2. The molecule has 1 unspecified atom stereocenters. The van der Waals surface area contributed by atoms with Gasteiger partial charge < -0.3 is 0 Å². The Hall–Kier alpha value is -0.370. The van der Waals surface area contributed by atoms with Crippen molar-refractivity contribution in [3.63, 3.8) is 0 Å². The van der Waals surface area contributed by atoms with Gasteiger partial charge in [-0.25, -0.2) is 0 Å². The van der Waals surface area contributed by atoms with Crippen LogP contribution in [0.3, 0.4) is 0 Å². The summed E-state index contributed by atoms with van der Waals surface area (Å²) in [4.78, 5) is 14.4. The molecule has 2 fully saturated rings. The van der Waals surface area contributed by atoms with Gasteiger partial charge in [-0.05, 0) is 39.5 Å². The summed E-state index contributed by atoms with van der Waals surface area (Å²) in [5.41, 5.74) is 0. The first-order chi connectivity index (χ1) is 8.70. The fourth-order valence-electron chi connectivity index (χ4n) is 3.90. The zero-order chi connectivity index (χ0) is 13.0. The molecule has 0 spiro atoms. The first-order valence-corrected chi connectivity index (χ1v) is 7.98. The lowest BCUT2D eigenvalue weighted by molar-refractivity contribution is -0.124. The van der Waals surface area contributed by atoms with E-state index in [0.717, 1.165) is 0 Å². The second kappa shape index (κ2) is 6.70. The number of ketones is 1. The Morgan fingerprint density at radius 1 is 0.889 bits per heavy atom. The van der Waals surface area contributed by atoms with Gasteiger partial charge in [0.25, 0.3) is 0 Å².